The van der Waals surface area contributed by atoms with Crippen LogP contribution in [0.5, 0.6) is 5.75 Å². The van der Waals surface area contributed by atoms with Gasteiger partial charge in [-0.3, -0.25) is 4.79 Å². The normalized spacial score (nSPS) is 13.3. The van der Waals surface area contributed by atoms with E-state index in [-0.39, 0.29) is 5.91 Å². The number of nitrogens with one attached hydrogen (secondary N) is 1. The summed E-state index contributed by atoms with van der Waals surface area (Å²) in [4.78, 5) is 19.2. The highest BCUT2D eigenvalue weighted by molar-refractivity contribution is 5.94. The summed E-state index contributed by atoms with van der Waals surface area (Å²) in [5.41, 5.74) is 2.72. The summed E-state index contributed by atoms with van der Waals surface area (Å²) >= 11 is 0. The Morgan fingerprint density at radius 3 is 2.48 bits per heavy atom. The molecule has 29 heavy (non-hydrogen) atoms. The maximum atomic E-state index is 12.5. The average Bonchev–Trinajstić information content (AvgIpc) is 3.32. The van der Waals surface area contributed by atoms with Crippen molar-refractivity contribution in [1.82, 2.24) is 10.3 Å². The highest BCUT2D eigenvalue weighted by Gasteiger charge is 2.14. The summed E-state index contributed by atoms with van der Waals surface area (Å²) in [6.07, 6.45) is 4.25. The molecule has 0 aliphatic carbocycles. The molecule has 1 saturated heterocycles. The lowest BCUT2D eigenvalue weighted by atomic mass is 10.1. The first-order valence-corrected chi connectivity index (χ1v) is 10.0. The van der Waals surface area contributed by atoms with Crippen LogP contribution in [0, 0.1) is 0 Å². The smallest absolute Gasteiger partial charge is 0.251 e. The molecule has 148 valence electrons. The number of anilines is 1. The molecular formula is C24H25N3O2. The molecule has 1 amide bonds. The van der Waals surface area contributed by atoms with E-state index in [0.29, 0.717) is 18.7 Å². The van der Waals surface area contributed by atoms with Crippen molar-refractivity contribution < 1.29 is 9.53 Å². The fraction of sp³-hybridized carbons (Fsp3) is 0.250. The Morgan fingerprint density at radius 1 is 0.966 bits per heavy atom. The monoisotopic (exact) mass is 387 g/mol. The largest absolute Gasteiger partial charge is 0.489 e. The van der Waals surface area contributed by atoms with Gasteiger partial charge in [0, 0.05) is 31.4 Å². The molecule has 1 fully saturated rings. The minimum absolute atomic E-state index is 0.0833. The second-order valence-electron chi connectivity index (χ2n) is 7.20. The first-order valence-electron chi connectivity index (χ1n) is 10.0. The number of ether oxygens (including phenoxy) is 1. The Hall–Kier alpha value is -3.34. The summed E-state index contributed by atoms with van der Waals surface area (Å²) in [6.45, 7) is 3.08. The number of hydrogen-bond acceptors (Lipinski definition) is 4. The molecule has 5 heteroatoms. The van der Waals surface area contributed by atoms with Gasteiger partial charge >= 0.3 is 0 Å². The number of carbonyl (C=O) groups is 1. The van der Waals surface area contributed by atoms with Crippen LogP contribution in [-0.2, 0) is 13.2 Å². The molecular weight excluding hydrogens is 362 g/mol. The van der Waals surface area contributed by atoms with Gasteiger partial charge in [-0.15, -0.1) is 0 Å². The van der Waals surface area contributed by atoms with Crippen LogP contribution in [0.3, 0.4) is 0 Å². The summed E-state index contributed by atoms with van der Waals surface area (Å²) in [5, 5.41) is 2.99. The molecule has 1 aliphatic rings. The molecule has 2 aromatic carbocycles. The Bertz CT molecular complexity index is 936. The minimum Gasteiger partial charge on any atom is -0.489 e. The molecule has 5 nitrogen and oxygen atoms in total. The van der Waals surface area contributed by atoms with E-state index in [0.717, 1.165) is 35.8 Å². The first kappa shape index (κ1) is 19.0. The molecule has 1 aromatic heterocycles. The van der Waals surface area contributed by atoms with E-state index < -0.39 is 0 Å². The number of aromatic nitrogens is 1. The lowest BCUT2D eigenvalue weighted by molar-refractivity contribution is 0.0951. The van der Waals surface area contributed by atoms with Gasteiger partial charge in [-0.25, -0.2) is 4.98 Å². The van der Waals surface area contributed by atoms with Crippen molar-refractivity contribution in [3.05, 3.63) is 89.6 Å². The summed E-state index contributed by atoms with van der Waals surface area (Å²) < 4.78 is 5.74. The van der Waals surface area contributed by atoms with Crippen molar-refractivity contribution in [2.45, 2.75) is 26.0 Å². The number of carbonyl (C=O) groups excluding carboxylic acids is 1. The maximum absolute atomic E-state index is 12.5. The van der Waals surface area contributed by atoms with Crippen LogP contribution in [0.25, 0.3) is 0 Å². The number of para-hydroxylation sites is 1. The molecule has 0 radical (unpaired) electrons. The van der Waals surface area contributed by atoms with Gasteiger partial charge in [0.2, 0.25) is 0 Å². The van der Waals surface area contributed by atoms with Crippen molar-refractivity contribution in [2.24, 2.45) is 0 Å². The van der Waals surface area contributed by atoms with E-state index in [1.165, 1.54) is 12.8 Å². The van der Waals surface area contributed by atoms with E-state index >= 15 is 0 Å². The predicted molar refractivity (Wildman–Crippen MR) is 114 cm³/mol. The van der Waals surface area contributed by atoms with Gasteiger partial charge in [-0.2, -0.15) is 0 Å². The van der Waals surface area contributed by atoms with Gasteiger partial charge in [0.25, 0.3) is 5.91 Å². The standard InChI is InChI=1S/C24H25N3O2/c28-24(26-17-20-12-13-25-23(16-20)27-14-4-5-15-27)21-10-8-19(9-11-21)18-29-22-6-2-1-3-7-22/h1-3,6-13,16H,4-5,14-15,17-18H2,(H,26,28). The van der Waals surface area contributed by atoms with Crippen LogP contribution < -0.4 is 15.0 Å². The molecule has 0 unspecified atom stereocenters. The zero-order chi connectivity index (χ0) is 19.9. The molecule has 3 aromatic rings. The van der Waals surface area contributed by atoms with Gasteiger partial charge in [-0.05, 0) is 60.4 Å². The fourth-order valence-electron chi connectivity index (χ4n) is 3.41. The van der Waals surface area contributed by atoms with Gasteiger partial charge in [0.05, 0.1) is 0 Å². The third-order valence-electron chi connectivity index (χ3n) is 5.06. The lowest BCUT2D eigenvalue weighted by Crippen LogP contribution is -2.23. The number of pyridine rings is 1. The van der Waals surface area contributed by atoms with Crippen LogP contribution in [-0.4, -0.2) is 24.0 Å². The Kier molecular flexibility index (Phi) is 6.05. The minimum atomic E-state index is -0.0833. The Balaban J connectivity index is 1.30. The number of rotatable bonds is 7. The summed E-state index contributed by atoms with van der Waals surface area (Å²) in [7, 11) is 0. The summed E-state index contributed by atoms with van der Waals surface area (Å²) in [5.74, 6) is 1.75. The van der Waals surface area contributed by atoms with Crippen molar-refractivity contribution in [3.63, 3.8) is 0 Å². The van der Waals surface area contributed by atoms with Gasteiger partial charge in [0.1, 0.15) is 18.2 Å². The van der Waals surface area contributed by atoms with Crippen LogP contribution in [0.2, 0.25) is 0 Å². The molecule has 0 atom stereocenters. The van der Waals surface area contributed by atoms with E-state index in [4.69, 9.17) is 4.74 Å². The fourth-order valence-corrected chi connectivity index (χ4v) is 3.41. The first-order chi connectivity index (χ1) is 14.3. The van der Waals surface area contributed by atoms with Gasteiger partial charge in [-0.1, -0.05) is 30.3 Å². The molecule has 0 spiro atoms. The third kappa shape index (κ3) is 5.13. The van der Waals surface area contributed by atoms with Crippen molar-refractivity contribution in [3.8, 4) is 5.75 Å². The number of amides is 1. The van der Waals surface area contributed by atoms with Crippen molar-refractivity contribution in [1.29, 1.82) is 0 Å². The molecule has 0 saturated carbocycles. The topological polar surface area (TPSA) is 54.5 Å². The molecule has 0 bridgehead atoms. The van der Waals surface area contributed by atoms with Crippen molar-refractivity contribution in [2.75, 3.05) is 18.0 Å². The zero-order valence-corrected chi connectivity index (χ0v) is 16.4. The quantitative estimate of drug-likeness (QED) is 0.660. The van der Waals surface area contributed by atoms with E-state index in [2.05, 4.69) is 21.3 Å². The molecule has 1 aliphatic heterocycles. The maximum Gasteiger partial charge on any atom is 0.251 e. The second-order valence-corrected chi connectivity index (χ2v) is 7.20. The SMILES string of the molecule is O=C(NCc1ccnc(N2CCCC2)c1)c1ccc(COc2ccccc2)cc1. The zero-order valence-electron chi connectivity index (χ0n) is 16.4. The van der Waals surface area contributed by atoms with Crippen LogP contribution >= 0.6 is 0 Å². The third-order valence-corrected chi connectivity index (χ3v) is 5.06. The molecule has 2 heterocycles. The Labute approximate surface area is 171 Å². The number of hydrogen-bond donors (Lipinski definition) is 1. The Morgan fingerprint density at radius 2 is 1.72 bits per heavy atom. The van der Waals surface area contributed by atoms with E-state index in [1.807, 2.05) is 66.9 Å². The molecule has 1 N–H and O–H groups in total. The van der Waals surface area contributed by atoms with Crippen LogP contribution in [0.15, 0.2) is 72.9 Å². The van der Waals surface area contributed by atoms with Crippen molar-refractivity contribution >= 4 is 11.7 Å². The molecule has 4 rings (SSSR count). The average molecular weight is 387 g/mol. The van der Waals surface area contributed by atoms with E-state index in [9.17, 15) is 4.79 Å². The van der Waals surface area contributed by atoms with Crippen LogP contribution in [0.4, 0.5) is 5.82 Å². The highest BCUT2D eigenvalue weighted by atomic mass is 16.5. The van der Waals surface area contributed by atoms with Gasteiger partial charge in [0.15, 0.2) is 0 Å². The lowest BCUT2D eigenvalue weighted by Gasteiger charge is -2.17. The van der Waals surface area contributed by atoms with Gasteiger partial charge < -0.3 is 15.0 Å². The highest BCUT2D eigenvalue weighted by Crippen LogP contribution is 2.18. The second kappa shape index (κ2) is 9.24. The van der Waals surface area contributed by atoms with Crippen LogP contribution in [0.1, 0.15) is 34.3 Å². The predicted octanol–water partition coefficient (Wildman–Crippen LogP) is 4.19. The number of nitrogens with zero attached hydrogens (tertiary/aromatic N) is 2. The van der Waals surface area contributed by atoms with E-state index in [1.54, 1.807) is 0 Å². The number of benzene rings is 2. The summed E-state index contributed by atoms with van der Waals surface area (Å²) in [6, 6.07) is 21.2.